The van der Waals surface area contributed by atoms with Gasteiger partial charge in [-0.05, 0) is 19.1 Å². The molecule has 1 aliphatic rings. The second-order valence-electron chi connectivity index (χ2n) is 5.54. The van der Waals surface area contributed by atoms with E-state index in [1.54, 1.807) is 13.1 Å². The highest BCUT2D eigenvalue weighted by Crippen LogP contribution is 2.42. The normalized spacial score (nSPS) is 16.3. The predicted molar refractivity (Wildman–Crippen MR) is 91.0 cm³/mol. The van der Waals surface area contributed by atoms with Crippen molar-refractivity contribution < 1.29 is 19.3 Å². The second kappa shape index (κ2) is 7.52. The summed E-state index contributed by atoms with van der Waals surface area (Å²) >= 11 is 1.46. The van der Waals surface area contributed by atoms with E-state index in [4.69, 9.17) is 4.74 Å². The monoisotopic (exact) mass is 367 g/mol. The number of para-hydroxylation sites is 1. The molecule has 2 heterocycles. The van der Waals surface area contributed by atoms with Crippen LogP contribution in [0.2, 0.25) is 0 Å². The Morgan fingerprint density at radius 3 is 2.88 bits per heavy atom. The molecule has 25 heavy (non-hydrogen) atoms. The van der Waals surface area contributed by atoms with Crippen molar-refractivity contribution >= 4 is 23.3 Å². The second-order valence-corrected chi connectivity index (χ2v) is 6.63. The highest BCUT2D eigenvalue weighted by molar-refractivity contribution is 7.99. The molecule has 0 radical (unpaired) electrons. The third-order valence-corrected chi connectivity index (χ3v) is 4.90. The lowest BCUT2D eigenvalue weighted by Gasteiger charge is -2.26. The van der Waals surface area contributed by atoms with Crippen molar-refractivity contribution in [1.82, 2.24) is 9.55 Å². The zero-order valence-electron chi connectivity index (χ0n) is 13.4. The highest BCUT2D eigenvalue weighted by Gasteiger charge is 2.24. The van der Waals surface area contributed by atoms with Gasteiger partial charge in [-0.1, -0.05) is 23.9 Å². The molecule has 3 rings (SSSR count). The van der Waals surface area contributed by atoms with E-state index >= 15 is 0 Å². The predicted octanol–water partition coefficient (Wildman–Crippen LogP) is 1.68. The number of hydrogen-bond acceptors (Lipinski definition) is 7. The molecule has 3 N–H and O–H groups in total. The number of fused-ring (bicyclic) bond motifs is 2. The Balaban J connectivity index is 1.86. The Morgan fingerprint density at radius 1 is 1.40 bits per heavy atom. The molecular weight excluding hydrogens is 349 g/mol. The van der Waals surface area contributed by atoms with Gasteiger partial charge < -0.3 is 20.3 Å². The molecule has 0 bridgehead atoms. The maximum Gasteiger partial charge on any atom is 0.351 e. The SMILES string of the molecule is CC(O[C@H](CO)[C@@H](O)CF)n1cc2c(nc1=O)Nc1ccccc1S2. The quantitative estimate of drug-likeness (QED) is 0.610. The van der Waals surface area contributed by atoms with E-state index in [9.17, 15) is 19.4 Å². The zero-order valence-corrected chi connectivity index (χ0v) is 14.2. The third-order valence-electron chi connectivity index (χ3n) is 3.81. The highest BCUT2D eigenvalue weighted by atomic mass is 32.2. The van der Waals surface area contributed by atoms with Crippen molar-refractivity contribution in [2.75, 3.05) is 18.6 Å². The molecule has 0 amide bonds. The lowest BCUT2D eigenvalue weighted by Crippen LogP contribution is -2.38. The largest absolute Gasteiger partial charge is 0.394 e. The molecule has 9 heteroatoms. The summed E-state index contributed by atoms with van der Waals surface area (Å²) in [5.41, 5.74) is 0.325. The van der Waals surface area contributed by atoms with Crippen LogP contribution in [0.1, 0.15) is 13.2 Å². The fourth-order valence-corrected chi connectivity index (χ4v) is 3.43. The number of halogens is 1. The van der Waals surface area contributed by atoms with E-state index in [0.29, 0.717) is 5.82 Å². The molecule has 1 aromatic carbocycles. The number of aliphatic hydroxyl groups excluding tert-OH is 2. The Bertz CT molecular complexity index is 816. The van der Waals surface area contributed by atoms with Crippen LogP contribution in [-0.4, -0.2) is 45.3 Å². The number of nitrogens with one attached hydrogen (secondary N) is 1. The van der Waals surface area contributed by atoms with Gasteiger partial charge in [-0.25, -0.2) is 9.18 Å². The minimum atomic E-state index is -1.46. The number of alkyl halides is 1. The Hall–Kier alpha value is -1.94. The van der Waals surface area contributed by atoms with E-state index in [0.717, 1.165) is 15.5 Å². The fourth-order valence-electron chi connectivity index (χ4n) is 2.45. The summed E-state index contributed by atoms with van der Waals surface area (Å²) in [7, 11) is 0. The summed E-state index contributed by atoms with van der Waals surface area (Å²) in [4.78, 5) is 18.0. The number of rotatable bonds is 6. The van der Waals surface area contributed by atoms with Crippen LogP contribution < -0.4 is 11.0 Å². The van der Waals surface area contributed by atoms with E-state index in [1.165, 1.54) is 16.3 Å². The van der Waals surface area contributed by atoms with Gasteiger partial charge in [0.25, 0.3) is 0 Å². The number of hydrogen-bond donors (Lipinski definition) is 3. The van der Waals surface area contributed by atoms with Crippen LogP contribution in [0.25, 0.3) is 0 Å². The van der Waals surface area contributed by atoms with Crippen molar-refractivity contribution in [3.8, 4) is 0 Å². The molecule has 1 aromatic heterocycles. The van der Waals surface area contributed by atoms with Crippen molar-refractivity contribution in [3.05, 3.63) is 40.9 Å². The van der Waals surface area contributed by atoms with Crippen LogP contribution in [-0.2, 0) is 4.74 Å². The molecule has 134 valence electrons. The molecule has 0 saturated carbocycles. The molecule has 3 atom stereocenters. The Morgan fingerprint density at radius 2 is 2.16 bits per heavy atom. The maximum atomic E-state index is 12.6. The van der Waals surface area contributed by atoms with Crippen LogP contribution in [0.3, 0.4) is 0 Å². The summed E-state index contributed by atoms with van der Waals surface area (Å²) in [6.07, 6.45) is -1.83. The topological polar surface area (TPSA) is 96.6 Å². The van der Waals surface area contributed by atoms with Crippen LogP contribution >= 0.6 is 11.8 Å². The first-order chi connectivity index (χ1) is 12.0. The van der Waals surface area contributed by atoms with Crippen molar-refractivity contribution in [2.45, 2.75) is 35.2 Å². The molecule has 7 nitrogen and oxygen atoms in total. The summed E-state index contributed by atoms with van der Waals surface area (Å²) in [6, 6.07) is 7.65. The minimum absolute atomic E-state index is 0.458. The van der Waals surface area contributed by atoms with Gasteiger partial charge in [0, 0.05) is 11.1 Å². The van der Waals surface area contributed by atoms with Gasteiger partial charge in [-0.3, -0.25) is 4.57 Å². The maximum absolute atomic E-state index is 12.6. The average molecular weight is 367 g/mol. The first-order valence-electron chi connectivity index (χ1n) is 7.71. The number of nitrogens with zero attached hydrogens (tertiary/aromatic N) is 2. The molecule has 0 aliphatic carbocycles. The molecule has 2 aromatic rings. The molecule has 0 spiro atoms. The van der Waals surface area contributed by atoms with E-state index < -0.39 is 37.4 Å². The van der Waals surface area contributed by atoms with Gasteiger partial charge in [-0.15, -0.1) is 0 Å². The lowest BCUT2D eigenvalue weighted by molar-refractivity contribution is -0.122. The first-order valence-corrected chi connectivity index (χ1v) is 8.52. The van der Waals surface area contributed by atoms with Gasteiger partial charge in [0.15, 0.2) is 5.82 Å². The number of benzene rings is 1. The Kier molecular flexibility index (Phi) is 5.38. The standard InChI is InChI=1S/C16H18FN3O4S/c1-9(24-12(8-21)11(22)6-17)20-7-14-15(19-16(20)23)18-10-4-2-3-5-13(10)25-14/h2-5,7,9,11-12,21-22H,6,8H2,1H3,(H,18,19,23)/t9?,11-,12+/m0/s1. The molecule has 1 unspecified atom stereocenters. The van der Waals surface area contributed by atoms with Crippen LogP contribution in [0.4, 0.5) is 15.9 Å². The third kappa shape index (κ3) is 3.69. The number of aliphatic hydroxyl groups is 2. The van der Waals surface area contributed by atoms with Crippen LogP contribution in [0.15, 0.2) is 45.0 Å². The first kappa shape index (κ1) is 17.9. The van der Waals surface area contributed by atoms with Gasteiger partial charge in [0.1, 0.15) is 25.1 Å². The van der Waals surface area contributed by atoms with Crippen LogP contribution in [0.5, 0.6) is 0 Å². The summed E-state index contributed by atoms with van der Waals surface area (Å²) < 4.78 is 19.3. The zero-order chi connectivity index (χ0) is 18.0. The number of anilines is 2. The average Bonchev–Trinajstić information content (AvgIpc) is 2.63. The summed E-state index contributed by atoms with van der Waals surface area (Å²) in [5.74, 6) is 0.458. The lowest BCUT2D eigenvalue weighted by atomic mass is 10.2. The van der Waals surface area contributed by atoms with Crippen molar-refractivity contribution in [2.24, 2.45) is 0 Å². The van der Waals surface area contributed by atoms with Gasteiger partial charge >= 0.3 is 5.69 Å². The minimum Gasteiger partial charge on any atom is -0.394 e. The van der Waals surface area contributed by atoms with Crippen molar-refractivity contribution in [1.29, 1.82) is 0 Å². The fraction of sp³-hybridized carbons (Fsp3) is 0.375. The number of aromatic nitrogens is 2. The van der Waals surface area contributed by atoms with E-state index in [2.05, 4.69) is 10.3 Å². The van der Waals surface area contributed by atoms with E-state index in [-0.39, 0.29) is 0 Å². The van der Waals surface area contributed by atoms with Crippen LogP contribution in [0, 0.1) is 0 Å². The Labute approximate surface area is 147 Å². The molecule has 0 saturated heterocycles. The number of ether oxygens (including phenoxy) is 1. The van der Waals surface area contributed by atoms with Gasteiger partial charge in [-0.2, -0.15) is 4.98 Å². The summed E-state index contributed by atoms with van der Waals surface area (Å²) in [5, 5.41) is 21.8. The smallest absolute Gasteiger partial charge is 0.351 e. The van der Waals surface area contributed by atoms with Gasteiger partial charge in [0.2, 0.25) is 0 Å². The van der Waals surface area contributed by atoms with E-state index in [1.807, 2.05) is 24.3 Å². The molecule has 0 fully saturated rings. The van der Waals surface area contributed by atoms with Crippen molar-refractivity contribution in [3.63, 3.8) is 0 Å². The van der Waals surface area contributed by atoms with Gasteiger partial charge in [0.05, 0.1) is 17.2 Å². The summed E-state index contributed by atoms with van der Waals surface area (Å²) in [6.45, 7) is -0.0456. The molecular formula is C16H18FN3O4S. The molecule has 1 aliphatic heterocycles.